The van der Waals surface area contributed by atoms with Crippen LogP contribution in [-0.4, -0.2) is 37.2 Å². The van der Waals surface area contributed by atoms with Gasteiger partial charge in [0.25, 0.3) is 5.56 Å². The Morgan fingerprint density at radius 2 is 2.10 bits per heavy atom. The number of thiophene rings is 1. The van der Waals surface area contributed by atoms with Crippen molar-refractivity contribution in [3.8, 4) is 0 Å². The molecule has 0 radical (unpaired) electrons. The molecule has 3 aromatic heterocycles. The van der Waals surface area contributed by atoms with Crippen LogP contribution in [0.25, 0.3) is 15.7 Å². The number of amides is 1. The highest BCUT2D eigenvalue weighted by molar-refractivity contribution is 7.22. The number of nitrogens with one attached hydrogen (secondary N) is 1. The van der Waals surface area contributed by atoms with E-state index >= 15 is 0 Å². The maximum atomic E-state index is 13.0. The molecule has 1 aliphatic rings. The minimum Gasteiger partial charge on any atom is -0.481 e. The summed E-state index contributed by atoms with van der Waals surface area (Å²) in [6.45, 7) is 3.75. The van der Waals surface area contributed by atoms with Gasteiger partial charge in [-0.05, 0) is 31.4 Å². The summed E-state index contributed by atoms with van der Waals surface area (Å²) in [7, 11) is 0. The zero-order chi connectivity index (χ0) is 21.6. The number of rotatable bonds is 5. The first kappa shape index (κ1) is 20.9. The van der Waals surface area contributed by atoms with Gasteiger partial charge in [-0.1, -0.05) is 31.9 Å². The van der Waals surface area contributed by atoms with E-state index in [1.54, 1.807) is 6.07 Å². The van der Waals surface area contributed by atoms with Crippen molar-refractivity contribution in [3.05, 3.63) is 32.6 Å². The third kappa shape index (κ3) is 3.83. The summed E-state index contributed by atoms with van der Waals surface area (Å²) in [5, 5.41) is 16.6. The lowest BCUT2D eigenvalue weighted by molar-refractivity contribution is -0.143. The fourth-order valence-corrected chi connectivity index (χ4v) is 5.31. The molecule has 2 N–H and O–H groups in total. The third-order valence-electron chi connectivity index (χ3n) is 5.56. The minimum atomic E-state index is -0.827. The van der Waals surface area contributed by atoms with Crippen molar-refractivity contribution in [2.24, 2.45) is 5.92 Å². The summed E-state index contributed by atoms with van der Waals surface area (Å²) in [6, 6.07) is 3.41. The summed E-state index contributed by atoms with van der Waals surface area (Å²) < 4.78 is 4.55. The molecular formula is C20H23ClN4O4S. The van der Waals surface area contributed by atoms with Gasteiger partial charge in [0.2, 0.25) is 5.91 Å². The fraction of sp³-hybridized carbons (Fsp3) is 0.500. The molecule has 2 atom stereocenters. The van der Waals surface area contributed by atoms with E-state index in [0.29, 0.717) is 28.5 Å². The Morgan fingerprint density at radius 3 is 2.80 bits per heavy atom. The average molecular weight is 451 g/mol. The SMILES string of the molecule is CC(C)c1nn(CC(=O)N[C@H]2CCC[C@@H](C(=O)O)C2)c(=O)c2cc3sc(Cl)cc3n12. The molecule has 1 saturated carbocycles. The molecule has 1 fully saturated rings. The summed E-state index contributed by atoms with van der Waals surface area (Å²) >= 11 is 7.52. The Morgan fingerprint density at radius 1 is 1.33 bits per heavy atom. The van der Waals surface area contributed by atoms with Gasteiger partial charge >= 0.3 is 5.97 Å². The number of nitrogens with zero attached hydrogens (tertiary/aromatic N) is 3. The standard InChI is InChI=1S/C20H23ClN4O4S/c1-10(2)18-23-24(9-17(26)22-12-5-3-4-11(6-12)20(28)29)19(27)14-7-15-13(25(14)18)8-16(21)30-15/h7-8,10-12H,3-6,9H2,1-2H3,(H,22,26)(H,28,29)/t11-,12+/m1/s1. The lowest BCUT2D eigenvalue weighted by Gasteiger charge is -2.27. The molecule has 0 unspecified atom stereocenters. The molecule has 0 bridgehead atoms. The van der Waals surface area contributed by atoms with Crippen LogP contribution in [-0.2, 0) is 16.1 Å². The van der Waals surface area contributed by atoms with Crippen LogP contribution in [0.3, 0.4) is 0 Å². The van der Waals surface area contributed by atoms with E-state index in [1.165, 1.54) is 16.0 Å². The first-order chi connectivity index (χ1) is 14.2. The lowest BCUT2D eigenvalue weighted by Crippen LogP contribution is -2.43. The predicted octanol–water partition coefficient (Wildman–Crippen LogP) is 3.25. The Labute approximate surface area is 181 Å². The van der Waals surface area contributed by atoms with Gasteiger partial charge in [-0.2, -0.15) is 5.10 Å². The lowest BCUT2D eigenvalue weighted by atomic mass is 9.86. The van der Waals surface area contributed by atoms with Gasteiger partial charge in [0.15, 0.2) is 0 Å². The monoisotopic (exact) mass is 450 g/mol. The van der Waals surface area contributed by atoms with E-state index in [2.05, 4.69) is 10.4 Å². The molecule has 8 nitrogen and oxygen atoms in total. The quantitative estimate of drug-likeness (QED) is 0.620. The number of halogens is 1. The summed E-state index contributed by atoms with van der Waals surface area (Å²) in [6.07, 6.45) is 2.54. The highest BCUT2D eigenvalue weighted by atomic mass is 35.5. The van der Waals surface area contributed by atoms with E-state index in [-0.39, 0.29) is 30.0 Å². The number of aromatic nitrogens is 3. The van der Waals surface area contributed by atoms with Crippen molar-refractivity contribution in [2.75, 3.05) is 0 Å². The van der Waals surface area contributed by atoms with E-state index in [9.17, 15) is 19.5 Å². The van der Waals surface area contributed by atoms with Gasteiger partial charge in [-0.3, -0.25) is 18.8 Å². The van der Waals surface area contributed by atoms with Crippen molar-refractivity contribution >= 4 is 50.5 Å². The van der Waals surface area contributed by atoms with Gasteiger partial charge in [0.05, 0.1) is 20.5 Å². The highest BCUT2D eigenvalue weighted by Crippen LogP contribution is 2.32. The number of hydrogen-bond acceptors (Lipinski definition) is 5. The van der Waals surface area contributed by atoms with Gasteiger partial charge in [-0.25, -0.2) is 4.68 Å². The van der Waals surface area contributed by atoms with E-state index in [1.807, 2.05) is 24.3 Å². The number of carbonyl (C=O) groups is 2. The summed E-state index contributed by atoms with van der Waals surface area (Å²) in [5.41, 5.74) is 0.955. The normalized spacial score (nSPS) is 19.6. The van der Waals surface area contributed by atoms with E-state index < -0.39 is 11.9 Å². The molecule has 1 aliphatic carbocycles. The van der Waals surface area contributed by atoms with Crippen LogP contribution in [0.1, 0.15) is 51.3 Å². The molecule has 3 aromatic rings. The molecule has 30 heavy (non-hydrogen) atoms. The second-order valence-electron chi connectivity index (χ2n) is 8.11. The van der Waals surface area contributed by atoms with Crippen LogP contribution in [0.5, 0.6) is 0 Å². The van der Waals surface area contributed by atoms with Gasteiger partial charge in [0.1, 0.15) is 17.9 Å². The van der Waals surface area contributed by atoms with Crippen molar-refractivity contribution in [1.82, 2.24) is 19.5 Å². The van der Waals surface area contributed by atoms with Crippen molar-refractivity contribution in [2.45, 2.75) is 58.0 Å². The highest BCUT2D eigenvalue weighted by Gasteiger charge is 2.28. The number of carbonyl (C=O) groups excluding carboxylic acids is 1. The fourth-order valence-electron chi connectivity index (χ4n) is 4.15. The zero-order valence-electron chi connectivity index (χ0n) is 16.7. The zero-order valence-corrected chi connectivity index (χ0v) is 18.3. The molecule has 4 rings (SSSR count). The van der Waals surface area contributed by atoms with Crippen molar-refractivity contribution in [1.29, 1.82) is 0 Å². The number of hydrogen-bond donors (Lipinski definition) is 2. The van der Waals surface area contributed by atoms with Crippen LogP contribution in [0.15, 0.2) is 16.9 Å². The molecule has 160 valence electrons. The Kier molecular flexibility index (Phi) is 5.59. The molecule has 0 aliphatic heterocycles. The molecule has 1 amide bonds. The topological polar surface area (TPSA) is 106 Å². The van der Waals surface area contributed by atoms with Crippen molar-refractivity contribution < 1.29 is 14.7 Å². The number of carboxylic acids is 1. The number of carboxylic acid groups (broad SMARTS) is 1. The van der Waals surface area contributed by atoms with Gasteiger partial charge in [-0.15, -0.1) is 11.3 Å². The average Bonchev–Trinajstić information content (AvgIpc) is 3.20. The molecule has 10 heteroatoms. The second-order valence-corrected chi connectivity index (χ2v) is 9.82. The number of fused-ring (bicyclic) bond motifs is 3. The third-order valence-corrected chi connectivity index (χ3v) is 6.76. The van der Waals surface area contributed by atoms with Crippen LogP contribution in [0.4, 0.5) is 0 Å². The van der Waals surface area contributed by atoms with Gasteiger partial charge in [0, 0.05) is 12.0 Å². The first-order valence-electron chi connectivity index (χ1n) is 9.98. The van der Waals surface area contributed by atoms with Crippen LogP contribution in [0.2, 0.25) is 4.34 Å². The Hall–Kier alpha value is -2.39. The van der Waals surface area contributed by atoms with E-state index in [0.717, 1.165) is 23.1 Å². The number of aliphatic carboxylic acids is 1. The summed E-state index contributed by atoms with van der Waals surface area (Å²) in [4.78, 5) is 36.9. The van der Waals surface area contributed by atoms with E-state index in [4.69, 9.17) is 11.6 Å². The Balaban J connectivity index is 1.62. The van der Waals surface area contributed by atoms with Crippen LogP contribution < -0.4 is 10.9 Å². The smallest absolute Gasteiger partial charge is 0.306 e. The molecular weight excluding hydrogens is 428 g/mol. The van der Waals surface area contributed by atoms with Crippen LogP contribution >= 0.6 is 22.9 Å². The maximum Gasteiger partial charge on any atom is 0.306 e. The second kappa shape index (κ2) is 8.03. The first-order valence-corrected chi connectivity index (χ1v) is 11.2. The largest absolute Gasteiger partial charge is 0.481 e. The molecule has 3 heterocycles. The van der Waals surface area contributed by atoms with Gasteiger partial charge < -0.3 is 10.4 Å². The minimum absolute atomic E-state index is 0.0198. The van der Waals surface area contributed by atoms with Crippen molar-refractivity contribution in [3.63, 3.8) is 0 Å². The van der Waals surface area contributed by atoms with Crippen LogP contribution in [0, 0.1) is 5.92 Å². The molecule has 0 aromatic carbocycles. The predicted molar refractivity (Wildman–Crippen MR) is 115 cm³/mol. The Bertz CT molecular complexity index is 1200. The molecule has 0 saturated heterocycles. The summed E-state index contributed by atoms with van der Waals surface area (Å²) in [5.74, 6) is -0.908. The molecule has 0 spiro atoms. The maximum absolute atomic E-state index is 13.0.